The van der Waals surface area contributed by atoms with Crippen LogP contribution in [0.15, 0.2) is 22.7 Å². The second kappa shape index (κ2) is 7.05. The number of amides is 1. The van der Waals surface area contributed by atoms with Crippen LogP contribution in [0.5, 0.6) is 0 Å². The molecule has 0 aliphatic heterocycles. The van der Waals surface area contributed by atoms with Crippen molar-refractivity contribution >= 4 is 29.0 Å². The first kappa shape index (κ1) is 16.5. The molecule has 1 N–H and O–H groups in total. The van der Waals surface area contributed by atoms with Crippen LogP contribution >= 0.6 is 23.1 Å². The number of aromatic nitrogens is 3. The fraction of sp³-hybridized carbons (Fsp3) is 0.562. The van der Waals surface area contributed by atoms with Gasteiger partial charge in [-0.2, -0.15) is 0 Å². The average Bonchev–Trinajstić information content (AvgIpc) is 3.04. The number of rotatable bonds is 7. The van der Waals surface area contributed by atoms with Crippen molar-refractivity contribution < 1.29 is 4.79 Å². The highest BCUT2D eigenvalue weighted by Gasteiger charge is 2.30. The van der Waals surface area contributed by atoms with Gasteiger partial charge < -0.3 is 5.32 Å². The van der Waals surface area contributed by atoms with Crippen LogP contribution in [0.1, 0.15) is 39.7 Å². The molecule has 1 atom stereocenters. The molecule has 1 fully saturated rings. The predicted octanol–water partition coefficient (Wildman–Crippen LogP) is 3.59. The SMILES string of the molecule is CC(C)C(C)NC(=O)CSc1nnc(-c2cccs2)n1C1CC1. The van der Waals surface area contributed by atoms with Crippen molar-refractivity contribution in [2.75, 3.05) is 5.75 Å². The van der Waals surface area contributed by atoms with Crippen LogP contribution in [0.4, 0.5) is 0 Å². The van der Waals surface area contributed by atoms with Crippen molar-refractivity contribution in [3.05, 3.63) is 17.5 Å². The average molecular weight is 351 g/mol. The Labute approximate surface area is 144 Å². The van der Waals surface area contributed by atoms with Crippen LogP contribution in [0, 0.1) is 5.92 Å². The number of nitrogens with one attached hydrogen (secondary N) is 1. The first-order valence-corrected chi connectivity index (χ1v) is 9.83. The number of thiophene rings is 1. The Bertz CT molecular complexity index is 662. The number of nitrogens with zero attached hydrogens (tertiary/aromatic N) is 3. The molecule has 23 heavy (non-hydrogen) atoms. The molecule has 0 bridgehead atoms. The summed E-state index contributed by atoms with van der Waals surface area (Å²) in [6.45, 7) is 6.25. The van der Waals surface area contributed by atoms with E-state index in [2.05, 4.69) is 45.4 Å². The van der Waals surface area contributed by atoms with Gasteiger partial charge in [0.15, 0.2) is 11.0 Å². The summed E-state index contributed by atoms with van der Waals surface area (Å²) >= 11 is 3.15. The maximum absolute atomic E-state index is 12.1. The highest BCUT2D eigenvalue weighted by Crippen LogP contribution is 2.41. The standard InChI is InChI=1S/C16H22N4OS2/c1-10(2)11(3)17-14(21)9-23-16-19-18-15(13-5-4-8-22-13)20(16)12-6-7-12/h4-5,8,10-12H,6-7,9H2,1-3H3,(H,17,21). The van der Waals surface area contributed by atoms with E-state index in [0.717, 1.165) is 15.9 Å². The number of hydrogen-bond acceptors (Lipinski definition) is 5. The number of hydrogen-bond donors (Lipinski definition) is 1. The van der Waals surface area contributed by atoms with E-state index in [-0.39, 0.29) is 11.9 Å². The normalized spacial score (nSPS) is 15.8. The molecule has 2 aromatic rings. The Kier molecular flexibility index (Phi) is 5.06. The van der Waals surface area contributed by atoms with Crippen LogP contribution in [0.2, 0.25) is 0 Å². The minimum absolute atomic E-state index is 0.0548. The maximum atomic E-state index is 12.1. The van der Waals surface area contributed by atoms with Crippen molar-refractivity contribution in [1.29, 1.82) is 0 Å². The molecule has 1 saturated carbocycles. The predicted molar refractivity (Wildman–Crippen MR) is 94.8 cm³/mol. The summed E-state index contributed by atoms with van der Waals surface area (Å²) < 4.78 is 2.20. The lowest BCUT2D eigenvalue weighted by molar-refractivity contribution is -0.119. The molecule has 124 valence electrons. The number of thioether (sulfide) groups is 1. The summed E-state index contributed by atoms with van der Waals surface area (Å²) in [6.07, 6.45) is 2.33. The van der Waals surface area contributed by atoms with Crippen molar-refractivity contribution in [1.82, 2.24) is 20.1 Å². The third kappa shape index (κ3) is 3.95. The van der Waals surface area contributed by atoms with Crippen LogP contribution < -0.4 is 5.32 Å². The minimum Gasteiger partial charge on any atom is -0.353 e. The second-order valence-corrected chi connectivity index (χ2v) is 8.16. The zero-order valence-electron chi connectivity index (χ0n) is 13.7. The quantitative estimate of drug-likeness (QED) is 0.775. The zero-order chi connectivity index (χ0) is 16.4. The molecule has 0 aromatic carbocycles. The summed E-state index contributed by atoms with van der Waals surface area (Å²) in [5.41, 5.74) is 0. The topological polar surface area (TPSA) is 59.8 Å². The largest absolute Gasteiger partial charge is 0.353 e. The van der Waals surface area contributed by atoms with E-state index in [1.807, 2.05) is 13.0 Å². The van der Waals surface area contributed by atoms with E-state index in [1.165, 1.54) is 24.6 Å². The fourth-order valence-electron chi connectivity index (χ4n) is 2.20. The van der Waals surface area contributed by atoms with Crippen molar-refractivity contribution in [2.45, 2.75) is 50.9 Å². The van der Waals surface area contributed by atoms with Gasteiger partial charge in [0.05, 0.1) is 10.6 Å². The molecular formula is C16H22N4OS2. The molecule has 1 amide bonds. The molecule has 1 unspecified atom stereocenters. The zero-order valence-corrected chi connectivity index (χ0v) is 15.3. The van der Waals surface area contributed by atoms with Gasteiger partial charge in [-0.05, 0) is 37.1 Å². The molecule has 2 heterocycles. The number of carbonyl (C=O) groups is 1. The summed E-state index contributed by atoms with van der Waals surface area (Å²) in [4.78, 5) is 13.2. The third-order valence-corrected chi connectivity index (χ3v) is 5.85. The first-order valence-electron chi connectivity index (χ1n) is 7.97. The van der Waals surface area contributed by atoms with Crippen LogP contribution in [0.3, 0.4) is 0 Å². The summed E-state index contributed by atoms with van der Waals surface area (Å²) in [7, 11) is 0. The summed E-state index contributed by atoms with van der Waals surface area (Å²) in [5.74, 6) is 1.80. The Morgan fingerprint density at radius 2 is 2.22 bits per heavy atom. The molecule has 1 aliphatic rings. The molecule has 1 aliphatic carbocycles. The van der Waals surface area contributed by atoms with Crippen LogP contribution in [0.25, 0.3) is 10.7 Å². The van der Waals surface area contributed by atoms with Gasteiger partial charge in [0, 0.05) is 12.1 Å². The Hall–Kier alpha value is -1.34. The van der Waals surface area contributed by atoms with Gasteiger partial charge in [-0.1, -0.05) is 31.7 Å². The lowest BCUT2D eigenvalue weighted by Gasteiger charge is -2.17. The van der Waals surface area contributed by atoms with Crippen molar-refractivity contribution in [3.63, 3.8) is 0 Å². The van der Waals surface area contributed by atoms with Crippen LogP contribution in [-0.4, -0.2) is 32.5 Å². The van der Waals surface area contributed by atoms with E-state index in [4.69, 9.17) is 0 Å². The molecule has 5 nitrogen and oxygen atoms in total. The molecule has 7 heteroatoms. The highest BCUT2D eigenvalue weighted by molar-refractivity contribution is 7.99. The third-order valence-electron chi connectivity index (χ3n) is 4.04. The van der Waals surface area contributed by atoms with E-state index in [0.29, 0.717) is 17.7 Å². The van der Waals surface area contributed by atoms with Gasteiger partial charge in [0.2, 0.25) is 5.91 Å². The van der Waals surface area contributed by atoms with Gasteiger partial charge >= 0.3 is 0 Å². The lowest BCUT2D eigenvalue weighted by atomic mass is 10.1. The van der Waals surface area contributed by atoms with Crippen molar-refractivity contribution in [3.8, 4) is 10.7 Å². The second-order valence-electron chi connectivity index (χ2n) is 6.27. The fourth-order valence-corrected chi connectivity index (χ4v) is 3.73. The van der Waals surface area contributed by atoms with Gasteiger partial charge in [-0.3, -0.25) is 9.36 Å². The highest BCUT2D eigenvalue weighted by atomic mass is 32.2. The minimum atomic E-state index is 0.0548. The van der Waals surface area contributed by atoms with E-state index in [9.17, 15) is 4.79 Å². The smallest absolute Gasteiger partial charge is 0.230 e. The monoisotopic (exact) mass is 350 g/mol. The van der Waals surface area contributed by atoms with E-state index >= 15 is 0 Å². The maximum Gasteiger partial charge on any atom is 0.230 e. The van der Waals surface area contributed by atoms with Gasteiger partial charge in [0.25, 0.3) is 0 Å². The molecule has 0 spiro atoms. The number of carbonyl (C=O) groups excluding carboxylic acids is 1. The lowest BCUT2D eigenvalue weighted by Crippen LogP contribution is -2.37. The van der Waals surface area contributed by atoms with Crippen molar-refractivity contribution in [2.24, 2.45) is 5.92 Å². The van der Waals surface area contributed by atoms with E-state index in [1.54, 1.807) is 11.3 Å². The first-order chi connectivity index (χ1) is 11.1. The summed E-state index contributed by atoms with van der Waals surface area (Å²) in [6, 6.07) is 4.77. The molecule has 0 radical (unpaired) electrons. The van der Waals surface area contributed by atoms with Gasteiger partial charge in [-0.15, -0.1) is 21.5 Å². The summed E-state index contributed by atoms with van der Waals surface area (Å²) in [5, 5.41) is 14.6. The van der Waals surface area contributed by atoms with Gasteiger partial charge in [-0.25, -0.2) is 0 Å². The Balaban J connectivity index is 1.68. The Morgan fingerprint density at radius 1 is 1.43 bits per heavy atom. The van der Waals surface area contributed by atoms with Crippen LogP contribution in [-0.2, 0) is 4.79 Å². The van der Waals surface area contributed by atoms with E-state index < -0.39 is 0 Å². The van der Waals surface area contributed by atoms with Gasteiger partial charge in [0.1, 0.15) is 0 Å². The molecule has 3 rings (SSSR count). The molecule has 2 aromatic heterocycles. The molecular weight excluding hydrogens is 328 g/mol. The molecule has 0 saturated heterocycles. The Morgan fingerprint density at radius 3 is 2.83 bits per heavy atom.